The van der Waals surface area contributed by atoms with Crippen LogP contribution in [0, 0.1) is 11.3 Å². The van der Waals surface area contributed by atoms with Gasteiger partial charge in [0.15, 0.2) is 0 Å². The molecule has 8 nitrogen and oxygen atoms in total. The van der Waals surface area contributed by atoms with E-state index in [2.05, 4.69) is 9.97 Å². The number of aryl methyl sites for hydroxylation is 1. The molecule has 27 heavy (non-hydrogen) atoms. The minimum Gasteiger partial charge on any atom is -0.349 e. The van der Waals surface area contributed by atoms with Gasteiger partial charge in [-0.1, -0.05) is 0 Å². The largest absolute Gasteiger partial charge is 0.471 e. The number of nitrogens with one attached hydrogen (secondary N) is 2. The van der Waals surface area contributed by atoms with E-state index >= 15 is 0 Å². The van der Waals surface area contributed by atoms with Crippen molar-refractivity contribution in [3.63, 3.8) is 0 Å². The molecule has 140 valence electrons. The Morgan fingerprint density at radius 1 is 1.44 bits per heavy atom. The van der Waals surface area contributed by atoms with E-state index in [0.29, 0.717) is 11.4 Å². The molecule has 0 aliphatic rings. The van der Waals surface area contributed by atoms with Crippen LogP contribution in [0.25, 0.3) is 22.4 Å². The molecule has 0 fully saturated rings. The van der Waals surface area contributed by atoms with E-state index in [1.54, 1.807) is 35.3 Å². The van der Waals surface area contributed by atoms with Gasteiger partial charge in [0, 0.05) is 26.3 Å². The molecule has 0 aromatic carbocycles. The highest BCUT2D eigenvalue weighted by molar-refractivity contribution is 5.90. The predicted molar refractivity (Wildman–Crippen MR) is 88.5 cm³/mol. The minimum absolute atomic E-state index is 0.0477. The highest BCUT2D eigenvalue weighted by atomic mass is 19.4. The summed E-state index contributed by atoms with van der Waals surface area (Å²) in [7, 11) is 1.72. The highest BCUT2D eigenvalue weighted by Gasteiger charge is 2.38. The molecule has 0 atom stereocenters. The van der Waals surface area contributed by atoms with Crippen LogP contribution in [0.15, 0.2) is 29.5 Å². The summed E-state index contributed by atoms with van der Waals surface area (Å²) in [5.74, 6) is -2.08. The number of hydrogen-bond acceptors (Lipinski definition) is 4. The summed E-state index contributed by atoms with van der Waals surface area (Å²) >= 11 is 0. The van der Waals surface area contributed by atoms with Crippen molar-refractivity contribution >= 4 is 16.9 Å². The molecule has 3 rings (SSSR count). The molecular weight excluding hydrogens is 365 g/mol. The lowest BCUT2D eigenvalue weighted by Gasteiger charge is -2.13. The normalized spacial score (nSPS) is 11.5. The van der Waals surface area contributed by atoms with Crippen molar-refractivity contribution in [1.29, 1.82) is 5.26 Å². The molecule has 11 heteroatoms. The summed E-state index contributed by atoms with van der Waals surface area (Å²) in [4.78, 5) is 29.8. The molecule has 0 aliphatic heterocycles. The number of rotatable bonds is 4. The van der Waals surface area contributed by atoms with E-state index in [9.17, 15) is 28.0 Å². The number of nitrogens with zero attached hydrogens (tertiary/aromatic N) is 4. The summed E-state index contributed by atoms with van der Waals surface area (Å²) in [5.41, 5.74) is 0.682. The van der Waals surface area contributed by atoms with Crippen LogP contribution >= 0.6 is 0 Å². The van der Waals surface area contributed by atoms with Crippen molar-refractivity contribution in [1.82, 2.24) is 24.4 Å². The van der Waals surface area contributed by atoms with Gasteiger partial charge < -0.3 is 19.4 Å². The summed E-state index contributed by atoms with van der Waals surface area (Å²) < 4.78 is 40.2. The maximum Gasteiger partial charge on any atom is 0.471 e. The van der Waals surface area contributed by atoms with Gasteiger partial charge in [0.2, 0.25) is 0 Å². The fraction of sp³-hybridized carbons (Fsp3) is 0.250. The second-order valence-electron chi connectivity index (χ2n) is 5.67. The second-order valence-corrected chi connectivity index (χ2v) is 5.67. The second kappa shape index (κ2) is 6.64. The number of amides is 1. The lowest BCUT2D eigenvalue weighted by molar-refractivity contribution is -0.173. The fourth-order valence-corrected chi connectivity index (χ4v) is 2.87. The number of halogens is 3. The standard InChI is InChI=1S/C16H13F3N6O2/c1-24-5-2-3-10(24)12-9(7-20)11-13(14(26)23-8-22-11)25(12)6-4-21-15(27)16(17,18)19/h2-3,5,8H,4,6H2,1H3,(H,21,27)(H,22,23,26). The van der Waals surface area contributed by atoms with Crippen LogP contribution in [0.1, 0.15) is 5.56 Å². The van der Waals surface area contributed by atoms with Gasteiger partial charge >= 0.3 is 12.1 Å². The van der Waals surface area contributed by atoms with Crippen LogP contribution in [0.5, 0.6) is 0 Å². The molecular formula is C16H13F3N6O2. The summed E-state index contributed by atoms with van der Waals surface area (Å²) in [6.45, 7) is -0.548. The average molecular weight is 378 g/mol. The molecule has 0 saturated carbocycles. The van der Waals surface area contributed by atoms with E-state index in [4.69, 9.17) is 0 Å². The monoisotopic (exact) mass is 378 g/mol. The van der Waals surface area contributed by atoms with Gasteiger partial charge in [0.25, 0.3) is 5.56 Å². The number of hydrogen-bond donors (Lipinski definition) is 2. The van der Waals surface area contributed by atoms with Crippen LogP contribution in [0.4, 0.5) is 13.2 Å². The molecule has 1 amide bonds. The van der Waals surface area contributed by atoms with Gasteiger partial charge in [-0.2, -0.15) is 18.4 Å². The first kappa shape index (κ1) is 18.2. The zero-order chi connectivity index (χ0) is 19.8. The lowest BCUT2D eigenvalue weighted by Crippen LogP contribution is -2.38. The van der Waals surface area contributed by atoms with Gasteiger partial charge in [0.05, 0.1) is 17.7 Å². The molecule has 0 bridgehead atoms. The third-order valence-electron chi connectivity index (χ3n) is 4.02. The highest BCUT2D eigenvalue weighted by Crippen LogP contribution is 2.30. The first-order valence-electron chi connectivity index (χ1n) is 7.72. The molecule has 0 saturated heterocycles. The van der Waals surface area contributed by atoms with Crippen LogP contribution in [-0.2, 0) is 18.4 Å². The van der Waals surface area contributed by atoms with Gasteiger partial charge in [-0.15, -0.1) is 0 Å². The maximum atomic E-state index is 12.4. The van der Waals surface area contributed by atoms with E-state index in [1.807, 2.05) is 6.07 Å². The molecule has 0 aliphatic carbocycles. The van der Waals surface area contributed by atoms with Gasteiger partial charge in [-0.3, -0.25) is 9.59 Å². The van der Waals surface area contributed by atoms with Crippen molar-refractivity contribution in [2.75, 3.05) is 6.54 Å². The number of nitriles is 1. The summed E-state index contributed by atoms with van der Waals surface area (Å²) in [5, 5.41) is 11.3. The fourth-order valence-electron chi connectivity index (χ4n) is 2.87. The third-order valence-corrected chi connectivity index (χ3v) is 4.02. The van der Waals surface area contributed by atoms with E-state index in [-0.39, 0.29) is 23.1 Å². The number of carbonyl (C=O) groups excluding carboxylic acids is 1. The van der Waals surface area contributed by atoms with E-state index < -0.39 is 24.2 Å². The molecule has 0 unspecified atom stereocenters. The Morgan fingerprint density at radius 3 is 2.78 bits per heavy atom. The van der Waals surface area contributed by atoms with Crippen molar-refractivity contribution in [3.8, 4) is 17.5 Å². The molecule has 0 radical (unpaired) electrons. The Hall–Kier alpha value is -3.55. The number of aromatic nitrogens is 4. The van der Waals surface area contributed by atoms with Crippen LogP contribution in [0.2, 0.25) is 0 Å². The molecule has 2 N–H and O–H groups in total. The topological polar surface area (TPSA) is 108 Å². The van der Waals surface area contributed by atoms with Crippen LogP contribution in [-0.4, -0.2) is 37.7 Å². The van der Waals surface area contributed by atoms with Crippen LogP contribution in [0.3, 0.4) is 0 Å². The molecule has 3 heterocycles. The smallest absolute Gasteiger partial charge is 0.349 e. The first-order chi connectivity index (χ1) is 12.8. The summed E-state index contributed by atoms with van der Waals surface area (Å²) in [6.07, 6.45) is -2.13. The number of H-pyrrole nitrogens is 1. The summed E-state index contributed by atoms with van der Waals surface area (Å²) in [6, 6.07) is 5.43. The Morgan fingerprint density at radius 2 is 2.19 bits per heavy atom. The van der Waals surface area contributed by atoms with Gasteiger partial charge in [-0.25, -0.2) is 4.98 Å². The molecule has 3 aromatic heterocycles. The minimum atomic E-state index is -5.00. The Balaban J connectivity index is 2.13. The van der Waals surface area contributed by atoms with Crippen LogP contribution < -0.4 is 10.9 Å². The van der Waals surface area contributed by atoms with Gasteiger partial charge in [-0.05, 0) is 12.1 Å². The number of alkyl halides is 3. The maximum absolute atomic E-state index is 12.4. The van der Waals surface area contributed by atoms with Crippen molar-refractivity contribution in [2.45, 2.75) is 12.7 Å². The number of aromatic amines is 1. The zero-order valence-corrected chi connectivity index (χ0v) is 14.0. The van der Waals surface area contributed by atoms with Crippen molar-refractivity contribution in [2.24, 2.45) is 7.05 Å². The number of carbonyl (C=O) groups is 1. The zero-order valence-electron chi connectivity index (χ0n) is 14.0. The SMILES string of the molecule is Cn1cccc1-c1c(C#N)c2nc[nH]c(=O)c2n1CCNC(=O)C(F)(F)F. The van der Waals surface area contributed by atoms with E-state index in [0.717, 1.165) is 6.33 Å². The Labute approximate surface area is 149 Å². The Kier molecular flexibility index (Phi) is 4.49. The molecule has 3 aromatic rings. The first-order valence-corrected chi connectivity index (χ1v) is 7.72. The quantitative estimate of drug-likeness (QED) is 0.713. The Bertz CT molecular complexity index is 1120. The van der Waals surface area contributed by atoms with E-state index in [1.165, 1.54) is 4.57 Å². The van der Waals surface area contributed by atoms with Crippen molar-refractivity contribution < 1.29 is 18.0 Å². The van der Waals surface area contributed by atoms with Crippen molar-refractivity contribution in [3.05, 3.63) is 40.6 Å². The van der Waals surface area contributed by atoms with Gasteiger partial charge in [0.1, 0.15) is 22.7 Å². The molecule has 0 spiro atoms. The number of fused-ring (bicyclic) bond motifs is 1. The average Bonchev–Trinajstić information content (AvgIpc) is 3.15. The predicted octanol–water partition coefficient (Wildman–Crippen LogP) is 1.28. The third kappa shape index (κ3) is 3.17. The lowest BCUT2D eigenvalue weighted by atomic mass is 10.2.